The number of benzene rings is 1. The molecule has 4 N–H and O–H groups in total. The fraction of sp³-hybridized carbons (Fsp3) is 0.467. The first-order valence-corrected chi connectivity index (χ1v) is 7.37. The van der Waals surface area contributed by atoms with Gasteiger partial charge in [0.15, 0.2) is 6.61 Å². The molecule has 1 fully saturated rings. The Hall–Kier alpha value is -1.83. The third kappa shape index (κ3) is 6.85. The first kappa shape index (κ1) is 19.2. The summed E-state index contributed by atoms with van der Waals surface area (Å²) in [6.45, 7) is 5.34. The summed E-state index contributed by atoms with van der Waals surface area (Å²) >= 11 is 0. The van der Waals surface area contributed by atoms with Crippen molar-refractivity contribution >= 4 is 24.2 Å². The Balaban J connectivity index is 0.00000264. The maximum atomic E-state index is 12.0. The van der Waals surface area contributed by atoms with Crippen LogP contribution >= 0.6 is 12.4 Å². The molecule has 1 aliphatic heterocycles. The van der Waals surface area contributed by atoms with Gasteiger partial charge < -0.3 is 21.1 Å². The van der Waals surface area contributed by atoms with Crippen molar-refractivity contribution in [3.63, 3.8) is 0 Å². The van der Waals surface area contributed by atoms with Crippen LogP contribution in [-0.4, -0.2) is 62.6 Å². The Morgan fingerprint density at radius 3 is 2.48 bits per heavy atom. The molecule has 2 amide bonds. The minimum absolute atomic E-state index is 0. The average Bonchev–Trinajstić information content (AvgIpc) is 2.54. The molecule has 0 saturated carbocycles. The van der Waals surface area contributed by atoms with E-state index in [9.17, 15) is 9.59 Å². The fourth-order valence-corrected chi connectivity index (χ4v) is 2.22. The van der Waals surface area contributed by atoms with Crippen LogP contribution in [0, 0.1) is 0 Å². The average molecular weight is 343 g/mol. The molecule has 23 heavy (non-hydrogen) atoms. The number of nitrogens with two attached hydrogens (primary N) is 1. The third-order valence-corrected chi connectivity index (χ3v) is 3.42. The fourth-order valence-electron chi connectivity index (χ4n) is 2.22. The molecule has 0 unspecified atom stereocenters. The molecule has 0 atom stereocenters. The molecule has 1 heterocycles. The Bertz CT molecular complexity index is 504. The highest BCUT2D eigenvalue weighted by molar-refractivity contribution is 5.94. The minimum atomic E-state index is -0.533. The molecule has 1 aromatic rings. The van der Waals surface area contributed by atoms with Crippen LogP contribution in [0.25, 0.3) is 0 Å². The van der Waals surface area contributed by atoms with E-state index < -0.39 is 5.91 Å². The summed E-state index contributed by atoms with van der Waals surface area (Å²) in [7, 11) is 0. The van der Waals surface area contributed by atoms with Gasteiger partial charge in [-0.15, -0.1) is 12.4 Å². The molecule has 0 aromatic heterocycles. The maximum Gasteiger partial charge on any atom is 0.255 e. The zero-order valence-corrected chi connectivity index (χ0v) is 13.7. The smallest absolute Gasteiger partial charge is 0.255 e. The van der Waals surface area contributed by atoms with Gasteiger partial charge in [0.2, 0.25) is 0 Å². The molecule has 128 valence electrons. The molecular formula is C15H23ClN4O3. The van der Waals surface area contributed by atoms with E-state index in [-0.39, 0.29) is 24.9 Å². The zero-order chi connectivity index (χ0) is 15.8. The molecule has 7 nitrogen and oxygen atoms in total. The SMILES string of the molecule is Cl.NC(=O)COc1ccc(C(=O)NCCN2CCNCC2)cc1. The van der Waals surface area contributed by atoms with Crippen molar-refractivity contribution in [2.45, 2.75) is 0 Å². The number of carbonyl (C=O) groups is 2. The van der Waals surface area contributed by atoms with Gasteiger partial charge >= 0.3 is 0 Å². The van der Waals surface area contributed by atoms with Crippen LogP contribution in [0.2, 0.25) is 0 Å². The van der Waals surface area contributed by atoms with Crippen molar-refractivity contribution in [1.82, 2.24) is 15.5 Å². The Morgan fingerprint density at radius 2 is 1.87 bits per heavy atom. The molecular weight excluding hydrogens is 320 g/mol. The van der Waals surface area contributed by atoms with Gasteiger partial charge in [-0.1, -0.05) is 0 Å². The van der Waals surface area contributed by atoms with E-state index >= 15 is 0 Å². The minimum Gasteiger partial charge on any atom is -0.484 e. The van der Waals surface area contributed by atoms with Gasteiger partial charge in [0, 0.05) is 44.8 Å². The van der Waals surface area contributed by atoms with E-state index in [1.165, 1.54) is 0 Å². The molecule has 1 saturated heterocycles. The summed E-state index contributed by atoms with van der Waals surface area (Å²) in [6, 6.07) is 6.62. The molecule has 0 spiro atoms. The lowest BCUT2D eigenvalue weighted by Crippen LogP contribution is -2.46. The Kier molecular flexibility index (Phi) is 8.39. The second-order valence-corrected chi connectivity index (χ2v) is 5.13. The highest BCUT2D eigenvalue weighted by Gasteiger charge is 2.10. The number of hydrogen-bond donors (Lipinski definition) is 3. The predicted molar refractivity (Wildman–Crippen MR) is 90.0 cm³/mol. The van der Waals surface area contributed by atoms with Crippen LogP contribution in [0.3, 0.4) is 0 Å². The standard InChI is InChI=1S/C15H22N4O3.ClH/c16-14(20)11-22-13-3-1-12(2-4-13)15(21)18-7-10-19-8-5-17-6-9-19;/h1-4,17H,5-11H2,(H2,16,20)(H,18,21);1H. The number of primary amides is 1. The topological polar surface area (TPSA) is 96.7 Å². The predicted octanol–water partition coefficient (Wildman–Crippen LogP) is -0.392. The number of ether oxygens (including phenoxy) is 1. The highest BCUT2D eigenvalue weighted by Crippen LogP contribution is 2.11. The number of hydrogen-bond acceptors (Lipinski definition) is 5. The lowest BCUT2D eigenvalue weighted by Gasteiger charge is -2.27. The van der Waals surface area contributed by atoms with Crippen molar-refractivity contribution in [3.05, 3.63) is 29.8 Å². The zero-order valence-electron chi connectivity index (χ0n) is 12.9. The maximum absolute atomic E-state index is 12.0. The quantitative estimate of drug-likeness (QED) is 0.627. The second kappa shape index (κ2) is 10.0. The van der Waals surface area contributed by atoms with E-state index in [1.807, 2.05) is 0 Å². The van der Waals surface area contributed by atoms with Gasteiger partial charge in [0.05, 0.1) is 0 Å². The summed E-state index contributed by atoms with van der Waals surface area (Å²) in [5, 5.41) is 6.19. The molecule has 8 heteroatoms. The Labute approximate surface area is 141 Å². The van der Waals surface area contributed by atoms with Gasteiger partial charge in [-0.2, -0.15) is 0 Å². The van der Waals surface area contributed by atoms with Gasteiger partial charge in [-0.3, -0.25) is 14.5 Å². The van der Waals surface area contributed by atoms with Crippen LogP contribution in [0.5, 0.6) is 5.75 Å². The molecule has 1 aliphatic rings. The summed E-state index contributed by atoms with van der Waals surface area (Å²) in [5.41, 5.74) is 5.56. The molecule has 0 bridgehead atoms. The summed E-state index contributed by atoms with van der Waals surface area (Å²) in [6.07, 6.45) is 0. The second-order valence-electron chi connectivity index (χ2n) is 5.13. The van der Waals surface area contributed by atoms with Crippen molar-refractivity contribution in [2.24, 2.45) is 5.73 Å². The number of piperazine rings is 1. The van der Waals surface area contributed by atoms with E-state index in [0.717, 1.165) is 32.7 Å². The lowest BCUT2D eigenvalue weighted by molar-refractivity contribution is -0.119. The van der Waals surface area contributed by atoms with Crippen LogP contribution in [0.15, 0.2) is 24.3 Å². The Morgan fingerprint density at radius 1 is 1.22 bits per heavy atom. The van der Waals surface area contributed by atoms with Crippen molar-refractivity contribution in [2.75, 3.05) is 45.9 Å². The number of nitrogens with zero attached hydrogens (tertiary/aromatic N) is 1. The number of amides is 2. The lowest BCUT2D eigenvalue weighted by atomic mass is 10.2. The van der Waals surface area contributed by atoms with Crippen molar-refractivity contribution in [3.8, 4) is 5.75 Å². The highest BCUT2D eigenvalue weighted by atomic mass is 35.5. The van der Waals surface area contributed by atoms with Gasteiger partial charge in [0.25, 0.3) is 11.8 Å². The van der Waals surface area contributed by atoms with Crippen LogP contribution in [0.1, 0.15) is 10.4 Å². The molecule has 0 aliphatic carbocycles. The number of carbonyl (C=O) groups excluding carboxylic acids is 2. The summed E-state index contributed by atoms with van der Waals surface area (Å²) in [4.78, 5) is 24.9. The first-order valence-electron chi connectivity index (χ1n) is 7.37. The summed E-state index contributed by atoms with van der Waals surface area (Å²) in [5.74, 6) is -0.137. The molecule has 2 rings (SSSR count). The van der Waals surface area contributed by atoms with E-state index in [0.29, 0.717) is 17.9 Å². The first-order chi connectivity index (χ1) is 10.6. The van der Waals surface area contributed by atoms with Crippen molar-refractivity contribution in [1.29, 1.82) is 0 Å². The number of rotatable bonds is 7. The largest absolute Gasteiger partial charge is 0.484 e. The number of halogens is 1. The molecule has 1 aromatic carbocycles. The van der Waals surface area contributed by atoms with Gasteiger partial charge in [-0.05, 0) is 24.3 Å². The summed E-state index contributed by atoms with van der Waals surface area (Å²) < 4.78 is 5.14. The van der Waals surface area contributed by atoms with E-state index in [4.69, 9.17) is 10.5 Å². The van der Waals surface area contributed by atoms with Crippen LogP contribution < -0.4 is 21.1 Å². The van der Waals surface area contributed by atoms with Gasteiger partial charge in [0.1, 0.15) is 5.75 Å². The molecule has 0 radical (unpaired) electrons. The van der Waals surface area contributed by atoms with Crippen LogP contribution in [0.4, 0.5) is 0 Å². The normalized spacial score (nSPS) is 14.6. The van der Waals surface area contributed by atoms with E-state index in [1.54, 1.807) is 24.3 Å². The van der Waals surface area contributed by atoms with Crippen molar-refractivity contribution < 1.29 is 14.3 Å². The van der Waals surface area contributed by atoms with Gasteiger partial charge in [-0.25, -0.2) is 0 Å². The number of nitrogens with one attached hydrogen (secondary N) is 2. The third-order valence-electron chi connectivity index (χ3n) is 3.42. The van der Waals surface area contributed by atoms with Crippen LogP contribution in [-0.2, 0) is 4.79 Å². The van der Waals surface area contributed by atoms with E-state index in [2.05, 4.69) is 15.5 Å². The monoisotopic (exact) mass is 342 g/mol.